The molecule has 0 atom stereocenters. The molecular formula is C18H14N2O3S. The maximum atomic E-state index is 12.2. The lowest BCUT2D eigenvalue weighted by molar-refractivity contribution is 0.101. The van der Waals surface area contributed by atoms with Crippen LogP contribution in [-0.4, -0.2) is 16.9 Å². The molecule has 3 N–H and O–H groups in total. The van der Waals surface area contributed by atoms with Gasteiger partial charge in [0.1, 0.15) is 5.75 Å². The Bertz CT molecular complexity index is 875. The fraction of sp³-hybridized carbons (Fsp3) is 0. The van der Waals surface area contributed by atoms with Crippen LogP contribution in [0.4, 0.5) is 11.4 Å². The average molecular weight is 338 g/mol. The molecule has 0 fully saturated rings. The van der Waals surface area contributed by atoms with E-state index in [1.54, 1.807) is 42.5 Å². The lowest BCUT2D eigenvalue weighted by Crippen LogP contribution is -2.13. The molecule has 2 aromatic carbocycles. The van der Waals surface area contributed by atoms with Crippen LogP contribution in [0.25, 0.3) is 0 Å². The van der Waals surface area contributed by atoms with E-state index in [9.17, 15) is 14.7 Å². The minimum atomic E-state index is -0.421. The molecule has 2 amide bonds. The maximum absolute atomic E-state index is 12.2. The molecule has 5 nitrogen and oxygen atoms in total. The predicted octanol–water partition coefficient (Wildman–Crippen LogP) is 3.96. The predicted molar refractivity (Wildman–Crippen MR) is 94.8 cm³/mol. The van der Waals surface area contributed by atoms with Crippen molar-refractivity contribution in [2.75, 3.05) is 10.6 Å². The van der Waals surface area contributed by atoms with Gasteiger partial charge >= 0.3 is 0 Å². The monoisotopic (exact) mass is 338 g/mol. The molecule has 0 aliphatic carbocycles. The third-order valence-electron chi connectivity index (χ3n) is 3.27. The summed E-state index contributed by atoms with van der Waals surface area (Å²) in [7, 11) is 0. The number of benzene rings is 2. The standard InChI is InChI=1S/C18H14N2O3S/c21-15-8-2-1-7-14(15)17(22)19-12-5-3-6-13(11-12)20-18(23)16-9-4-10-24-16/h1-11,21H,(H,19,22)(H,20,23). The zero-order chi connectivity index (χ0) is 16.9. The highest BCUT2D eigenvalue weighted by molar-refractivity contribution is 7.12. The SMILES string of the molecule is O=C(Nc1cccc(NC(=O)c2ccccc2O)c1)c1cccs1. The second kappa shape index (κ2) is 6.97. The van der Waals surface area contributed by atoms with Gasteiger partial charge in [0.25, 0.3) is 11.8 Å². The third-order valence-corrected chi connectivity index (χ3v) is 4.14. The Morgan fingerprint density at radius 3 is 2.21 bits per heavy atom. The van der Waals surface area contributed by atoms with Crippen LogP contribution in [0.2, 0.25) is 0 Å². The Morgan fingerprint density at radius 2 is 1.54 bits per heavy atom. The van der Waals surface area contributed by atoms with Gasteiger partial charge in [-0.25, -0.2) is 0 Å². The van der Waals surface area contributed by atoms with Crippen molar-refractivity contribution in [1.29, 1.82) is 0 Å². The van der Waals surface area contributed by atoms with Gasteiger partial charge < -0.3 is 15.7 Å². The van der Waals surface area contributed by atoms with E-state index in [4.69, 9.17) is 0 Å². The van der Waals surface area contributed by atoms with E-state index in [2.05, 4.69) is 10.6 Å². The number of phenolic OH excluding ortho intramolecular Hbond substituents is 1. The number of amides is 2. The van der Waals surface area contributed by atoms with E-state index in [1.807, 2.05) is 11.4 Å². The summed E-state index contributed by atoms with van der Waals surface area (Å²) in [6.45, 7) is 0. The minimum Gasteiger partial charge on any atom is -0.507 e. The van der Waals surface area contributed by atoms with Gasteiger partial charge in [0.15, 0.2) is 0 Å². The second-order valence-corrected chi connectivity index (χ2v) is 5.93. The summed E-state index contributed by atoms with van der Waals surface area (Å²) in [6.07, 6.45) is 0. The highest BCUT2D eigenvalue weighted by Gasteiger charge is 2.11. The summed E-state index contributed by atoms with van der Waals surface area (Å²) < 4.78 is 0. The molecule has 0 unspecified atom stereocenters. The van der Waals surface area contributed by atoms with Crippen LogP contribution < -0.4 is 10.6 Å². The first-order valence-corrected chi connectivity index (χ1v) is 8.06. The zero-order valence-electron chi connectivity index (χ0n) is 12.5. The van der Waals surface area contributed by atoms with Gasteiger partial charge in [0.05, 0.1) is 10.4 Å². The normalized spacial score (nSPS) is 10.2. The number of carbonyl (C=O) groups excluding carboxylic acids is 2. The van der Waals surface area contributed by atoms with Gasteiger partial charge in [-0.1, -0.05) is 24.3 Å². The average Bonchev–Trinajstić information content (AvgIpc) is 3.10. The van der Waals surface area contributed by atoms with Crippen LogP contribution in [0.15, 0.2) is 66.0 Å². The van der Waals surface area contributed by atoms with Crippen molar-refractivity contribution in [3.8, 4) is 5.75 Å². The molecule has 1 heterocycles. The molecule has 0 radical (unpaired) electrons. The number of phenols is 1. The summed E-state index contributed by atoms with van der Waals surface area (Å²) in [4.78, 5) is 24.9. The van der Waals surface area contributed by atoms with E-state index < -0.39 is 5.91 Å². The summed E-state index contributed by atoms with van der Waals surface area (Å²) in [6, 6.07) is 16.7. The summed E-state index contributed by atoms with van der Waals surface area (Å²) in [5.41, 5.74) is 1.28. The number of hydrogen-bond donors (Lipinski definition) is 3. The first-order chi connectivity index (χ1) is 11.6. The fourth-order valence-electron chi connectivity index (χ4n) is 2.14. The molecule has 1 aromatic heterocycles. The highest BCUT2D eigenvalue weighted by atomic mass is 32.1. The second-order valence-electron chi connectivity index (χ2n) is 4.98. The molecule has 0 saturated heterocycles. The number of aromatic hydroxyl groups is 1. The van der Waals surface area contributed by atoms with Crippen molar-refractivity contribution < 1.29 is 14.7 Å². The third kappa shape index (κ3) is 3.61. The van der Waals surface area contributed by atoms with Gasteiger partial charge in [-0.05, 0) is 41.8 Å². The van der Waals surface area contributed by atoms with Crippen LogP contribution in [-0.2, 0) is 0 Å². The molecule has 0 spiro atoms. The molecule has 24 heavy (non-hydrogen) atoms. The Hall–Kier alpha value is -3.12. The number of thiophene rings is 1. The lowest BCUT2D eigenvalue weighted by Gasteiger charge is -2.09. The van der Waals surface area contributed by atoms with Crippen molar-refractivity contribution in [2.24, 2.45) is 0 Å². The quantitative estimate of drug-likeness (QED) is 0.674. The smallest absolute Gasteiger partial charge is 0.265 e. The van der Waals surface area contributed by atoms with Crippen LogP contribution in [0.5, 0.6) is 5.75 Å². The topological polar surface area (TPSA) is 78.4 Å². The van der Waals surface area contributed by atoms with Crippen molar-refractivity contribution >= 4 is 34.5 Å². The van der Waals surface area contributed by atoms with Gasteiger partial charge in [0, 0.05) is 11.4 Å². The van der Waals surface area contributed by atoms with Crippen molar-refractivity contribution in [3.05, 3.63) is 76.5 Å². The fourth-order valence-corrected chi connectivity index (χ4v) is 2.76. The number of para-hydroxylation sites is 1. The van der Waals surface area contributed by atoms with Crippen LogP contribution in [0.3, 0.4) is 0 Å². The number of hydrogen-bond acceptors (Lipinski definition) is 4. The van der Waals surface area contributed by atoms with Crippen molar-refractivity contribution in [2.45, 2.75) is 0 Å². The highest BCUT2D eigenvalue weighted by Crippen LogP contribution is 2.20. The molecule has 120 valence electrons. The van der Waals surface area contributed by atoms with Crippen molar-refractivity contribution in [3.63, 3.8) is 0 Å². The van der Waals surface area contributed by atoms with Gasteiger partial charge in [-0.2, -0.15) is 0 Å². The Balaban J connectivity index is 1.72. The van der Waals surface area contributed by atoms with Crippen LogP contribution >= 0.6 is 11.3 Å². The molecule has 3 aromatic rings. The Kier molecular flexibility index (Phi) is 4.58. The number of anilines is 2. The number of rotatable bonds is 4. The number of nitrogens with one attached hydrogen (secondary N) is 2. The van der Waals surface area contributed by atoms with Crippen LogP contribution in [0, 0.1) is 0 Å². The molecular weight excluding hydrogens is 324 g/mol. The molecule has 6 heteroatoms. The van der Waals surface area contributed by atoms with Crippen molar-refractivity contribution in [1.82, 2.24) is 0 Å². The van der Waals surface area contributed by atoms with E-state index in [-0.39, 0.29) is 17.2 Å². The van der Waals surface area contributed by atoms with E-state index >= 15 is 0 Å². The molecule has 0 aliphatic heterocycles. The maximum Gasteiger partial charge on any atom is 0.265 e. The van der Waals surface area contributed by atoms with Gasteiger partial charge in [-0.15, -0.1) is 11.3 Å². The Morgan fingerprint density at radius 1 is 0.833 bits per heavy atom. The molecule has 0 saturated carbocycles. The lowest BCUT2D eigenvalue weighted by atomic mass is 10.2. The Labute approximate surface area is 142 Å². The molecule has 0 aliphatic rings. The van der Waals surface area contributed by atoms with Gasteiger partial charge in [0.2, 0.25) is 0 Å². The van der Waals surface area contributed by atoms with Crippen LogP contribution in [0.1, 0.15) is 20.0 Å². The first-order valence-electron chi connectivity index (χ1n) is 7.18. The largest absolute Gasteiger partial charge is 0.507 e. The van der Waals surface area contributed by atoms with E-state index in [0.717, 1.165) is 0 Å². The van der Waals surface area contributed by atoms with Gasteiger partial charge in [-0.3, -0.25) is 9.59 Å². The van der Waals surface area contributed by atoms with E-state index in [1.165, 1.54) is 23.5 Å². The van der Waals surface area contributed by atoms with E-state index in [0.29, 0.717) is 16.3 Å². The minimum absolute atomic E-state index is 0.0860. The molecule has 3 rings (SSSR count). The number of carbonyl (C=O) groups is 2. The molecule has 0 bridgehead atoms. The summed E-state index contributed by atoms with van der Waals surface area (Å²) in [5, 5.41) is 17.0. The first kappa shape index (κ1) is 15.8. The summed E-state index contributed by atoms with van der Waals surface area (Å²) >= 11 is 1.35. The summed E-state index contributed by atoms with van der Waals surface area (Å²) in [5.74, 6) is -0.707. The zero-order valence-corrected chi connectivity index (χ0v) is 13.3.